The van der Waals surface area contributed by atoms with Crippen LogP contribution in [0.5, 0.6) is 0 Å². The predicted octanol–water partition coefficient (Wildman–Crippen LogP) is 7.95. The van der Waals surface area contributed by atoms with Gasteiger partial charge in [-0.15, -0.1) is 0 Å². The van der Waals surface area contributed by atoms with E-state index in [9.17, 15) is 23.5 Å². The van der Waals surface area contributed by atoms with Gasteiger partial charge in [0.15, 0.2) is 10.7 Å². The summed E-state index contributed by atoms with van der Waals surface area (Å²) in [7, 11) is 0. The molecule has 2 heterocycles. The average Bonchev–Trinajstić information content (AvgIpc) is 3.69. The normalized spacial score (nSPS) is 24.4. The molecular formula is C39H39ClF2N2O4. The molecule has 0 aromatic heterocycles. The van der Waals surface area contributed by atoms with Gasteiger partial charge in [-0.25, -0.2) is 8.78 Å². The van der Waals surface area contributed by atoms with E-state index < -0.39 is 10.7 Å². The number of carbonyl (C=O) groups excluding carboxylic acids is 2. The molecule has 48 heavy (non-hydrogen) atoms. The molecular weight excluding hydrogens is 634 g/mol. The third kappa shape index (κ3) is 5.80. The molecule has 4 aromatic rings. The minimum absolute atomic E-state index is 0.0738. The maximum absolute atomic E-state index is 13.6. The minimum Gasteiger partial charge on any atom is -0.393 e. The van der Waals surface area contributed by atoms with Crippen molar-refractivity contribution >= 4 is 23.4 Å². The second kappa shape index (κ2) is 13.8. The van der Waals surface area contributed by atoms with Gasteiger partial charge in [-0.05, 0) is 74.1 Å². The van der Waals surface area contributed by atoms with E-state index in [0.29, 0.717) is 42.6 Å². The van der Waals surface area contributed by atoms with Crippen molar-refractivity contribution in [2.75, 3.05) is 13.1 Å². The van der Waals surface area contributed by atoms with Crippen LogP contribution in [0.3, 0.4) is 0 Å². The molecule has 0 radical (unpaired) electrons. The number of halogens is 3. The predicted molar refractivity (Wildman–Crippen MR) is 180 cm³/mol. The second-order valence-electron chi connectivity index (χ2n) is 12.5. The van der Waals surface area contributed by atoms with Crippen molar-refractivity contribution in [3.63, 3.8) is 0 Å². The fraction of sp³-hybridized carbons (Fsp3) is 0.333. The second-order valence-corrected chi connectivity index (χ2v) is 13.0. The maximum Gasteiger partial charge on any atom is 0.257 e. The van der Waals surface area contributed by atoms with E-state index >= 15 is 0 Å². The molecule has 6 nitrogen and oxygen atoms in total. The van der Waals surface area contributed by atoms with Crippen LogP contribution in [-0.4, -0.2) is 52.0 Å². The Bertz CT molecular complexity index is 1790. The number of nitrogens with zero attached hydrogens (tertiary/aromatic N) is 2. The lowest BCUT2D eigenvalue weighted by Gasteiger charge is -2.41. The van der Waals surface area contributed by atoms with E-state index in [1.165, 1.54) is 24.3 Å². The molecule has 7 rings (SSSR count). The van der Waals surface area contributed by atoms with Crippen LogP contribution in [0.15, 0.2) is 97.1 Å². The van der Waals surface area contributed by atoms with Crippen molar-refractivity contribution in [1.82, 2.24) is 9.80 Å². The first-order chi connectivity index (χ1) is 23.1. The van der Waals surface area contributed by atoms with Gasteiger partial charge in [0.25, 0.3) is 11.8 Å². The Hall–Kier alpha value is -4.11. The quantitative estimate of drug-likeness (QED) is 0.152. The monoisotopic (exact) mass is 672 g/mol. The lowest BCUT2D eigenvalue weighted by Crippen LogP contribution is -2.49. The molecule has 1 N–H and O–H groups in total. The summed E-state index contributed by atoms with van der Waals surface area (Å²) in [5, 5.41) is 9.97. The Balaban J connectivity index is 0.000000173. The highest BCUT2D eigenvalue weighted by Gasteiger charge is 2.53. The topological polar surface area (TPSA) is 70.1 Å². The van der Waals surface area contributed by atoms with E-state index in [-0.39, 0.29) is 35.7 Å². The van der Waals surface area contributed by atoms with E-state index in [2.05, 4.69) is 0 Å². The number of fused-ring (bicyclic) bond motifs is 2. The fourth-order valence-corrected chi connectivity index (χ4v) is 7.63. The van der Waals surface area contributed by atoms with Crippen LogP contribution in [0.25, 0.3) is 0 Å². The zero-order valence-corrected chi connectivity index (χ0v) is 27.8. The van der Waals surface area contributed by atoms with Gasteiger partial charge < -0.3 is 19.6 Å². The number of amides is 2. The number of aliphatic hydroxyl groups is 1. The number of alkyl halides is 1. The Kier molecular flexibility index (Phi) is 9.70. The molecule has 250 valence electrons. The third-order valence-electron chi connectivity index (χ3n) is 9.33. The van der Waals surface area contributed by atoms with E-state index in [1.807, 2.05) is 56.3 Å². The number of hydrogen-bond acceptors (Lipinski definition) is 4. The molecule has 2 amide bonds. The summed E-state index contributed by atoms with van der Waals surface area (Å²) in [5.41, 5.74) is 3.13. The Labute approximate surface area is 284 Å². The van der Waals surface area contributed by atoms with Crippen LogP contribution in [0.2, 0.25) is 0 Å². The van der Waals surface area contributed by atoms with Gasteiger partial charge in [-0.1, -0.05) is 86.1 Å². The van der Waals surface area contributed by atoms with Gasteiger partial charge in [-0.2, -0.15) is 0 Å². The summed E-state index contributed by atoms with van der Waals surface area (Å²) in [5.74, 6) is -0.800. The number of hydrogen-bond donors (Lipinski definition) is 1. The highest BCUT2D eigenvalue weighted by atomic mass is 35.5. The molecule has 0 bridgehead atoms. The highest BCUT2D eigenvalue weighted by Crippen LogP contribution is 2.49. The summed E-state index contributed by atoms with van der Waals surface area (Å²) in [6.07, 6.45) is 3.00. The molecule has 3 aliphatic rings. The number of ether oxygens (including phenoxy) is 1. The smallest absolute Gasteiger partial charge is 0.257 e. The van der Waals surface area contributed by atoms with Crippen molar-refractivity contribution in [1.29, 1.82) is 0 Å². The summed E-state index contributed by atoms with van der Waals surface area (Å²) in [6.45, 7) is 5.10. The third-order valence-corrected chi connectivity index (χ3v) is 9.96. The molecule has 9 heteroatoms. The molecule has 1 aliphatic carbocycles. The van der Waals surface area contributed by atoms with Gasteiger partial charge in [0.1, 0.15) is 11.6 Å². The van der Waals surface area contributed by atoms with Crippen molar-refractivity contribution in [3.05, 3.63) is 142 Å². The van der Waals surface area contributed by atoms with Crippen molar-refractivity contribution in [3.8, 4) is 0 Å². The summed E-state index contributed by atoms with van der Waals surface area (Å²) >= 11 is 6.90. The SMILES string of the molecule is CCCN1C(=O)c2ccccc2C1(Cl)c1ccc(F)cc1.CCCN1C(=O)c2ccccc2C1(OC1CCC(O)C1)c1ccc(F)cc1. The minimum atomic E-state index is -1.09. The molecule has 0 spiro atoms. The Morgan fingerprint density at radius 3 is 1.79 bits per heavy atom. The molecule has 0 saturated heterocycles. The highest BCUT2D eigenvalue weighted by molar-refractivity contribution is 6.29. The molecule has 4 aromatic carbocycles. The van der Waals surface area contributed by atoms with E-state index in [1.54, 1.807) is 40.1 Å². The summed E-state index contributed by atoms with van der Waals surface area (Å²) in [6, 6.07) is 27.0. The zero-order valence-electron chi connectivity index (χ0n) is 27.0. The number of benzene rings is 4. The van der Waals surface area contributed by atoms with E-state index in [0.717, 1.165) is 36.0 Å². The van der Waals surface area contributed by atoms with E-state index in [4.69, 9.17) is 16.3 Å². The lowest BCUT2D eigenvalue weighted by atomic mass is 9.93. The largest absolute Gasteiger partial charge is 0.393 e. The lowest BCUT2D eigenvalue weighted by molar-refractivity contribution is -0.144. The van der Waals surface area contributed by atoms with Crippen molar-refractivity contribution in [2.45, 2.75) is 68.9 Å². The molecule has 4 unspecified atom stereocenters. The standard InChI is InChI=1S/C22H24FNO3.C17H15ClFNO/c1-2-13-24-21(26)19-5-3-4-6-20(19)22(24,15-7-9-16(23)10-8-15)27-18-12-11-17(25)14-18;1-2-11-20-16(21)14-5-3-4-6-15(14)17(20,18)12-7-9-13(19)10-8-12/h3-10,17-18,25H,2,11-14H2,1H3;3-10H,2,11H2,1H3. The van der Waals surface area contributed by atoms with Gasteiger partial charge in [-0.3, -0.25) is 9.59 Å². The average molecular weight is 673 g/mol. The van der Waals surface area contributed by atoms with Gasteiger partial charge in [0, 0.05) is 40.9 Å². The first-order valence-electron chi connectivity index (χ1n) is 16.5. The first kappa shape index (κ1) is 33.8. The van der Waals surface area contributed by atoms with Crippen LogP contribution in [-0.2, 0) is 15.5 Å². The summed E-state index contributed by atoms with van der Waals surface area (Å²) in [4.78, 5) is 28.2. The van der Waals surface area contributed by atoms with Crippen molar-refractivity contribution < 1.29 is 28.2 Å². The van der Waals surface area contributed by atoms with Gasteiger partial charge in [0.05, 0.1) is 12.2 Å². The number of rotatable bonds is 8. The Morgan fingerprint density at radius 1 is 0.729 bits per heavy atom. The fourth-order valence-electron chi connectivity index (χ4n) is 7.18. The van der Waals surface area contributed by atoms with Crippen LogP contribution >= 0.6 is 11.6 Å². The Morgan fingerprint density at radius 2 is 1.23 bits per heavy atom. The number of carbonyl (C=O) groups is 2. The molecule has 1 fully saturated rings. The van der Waals surface area contributed by atoms with Gasteiger partial charge >= 0.3 is 0 Å². The molecule has 2 aliphatic heterocycles. The van der Waals surface area contributed by atoms with Crippen LogP contribution < -0.4 is 0 Å². The summed E-state index contributed by atoms with van der Waals surface area (Å²) < 4.78 is 33.5. The molecule has 4 atom stereocenters. The maximum atomic E-state index is 13.6. The zero-order chi connectivity index (χ0) is 34.1. The van der Waals surface area contributed by atoms with Crippen LogP contribution in [0.4, 0.5) is 8.78 Å². The van der Waals surface area contributed by atoms with Crippen LogP contribution in [0.1, 0.15) is 88.9 Å². The first-order valence-corrected chi connectivity index (χ1v) is 16.9. The number of aliphatic hydroxyl groups excluding tert-OH is 1. The van der Waals surface area contributed by atoms with Crippen LogP contribution in [0, 0.1) is 11.6 Å². The molecule has 1 saturated carbocycles. The van der Waals surface area contributed by atoms with Gasteiger partial charge in [0.2, 0.25) is 0 Å². The van der Waals surface area contributed by atoms with Crippen molar-refractivity contribution in [2.24, 2.45) is 0 Å².